The molecule has 0 aliphatic heterocycles. The maximum atomic E-state index is 11.6. The van der Waals surface area contributed by atoms with Gasteiger partial charge in [-0.25, -0.2) is 0 Å². The topological polar surface area (TPSA) is 43.1 Å². The molecular formula is C11H17NOS. The highest BCUT2D eigenvalue weighted by molar-refractivity contribution is 7.12. The maximum absolute atomic E-state index is 11.6. The molecule has 1 atom stereocenters. The Balaban J connectivity index is 2.43. The molecular weight excluding hydrogens is 194 g/mol. The predicted octanol–water partition coefficient (Wildman–Crippen LogP) is 2.76. The van der Waals surface area contributed by atoms with Crippen LogP contribution in [0.15, 0.2) is 11.4 Å². The summed E-state index contributed by atoms with van der Waals surface area (Å²) in [5.41, 5.74) is 6.92. The number of aryl methyl sites for hydroxylation is 1. The van der Waals surface area contributed by atoms with Gasteiger partial charge in [0.2, 0.25) is 0 Å². The van der Waals surface area contributed by atoms with Crippen LogP contribution in [0.4, 0.5) is 0 Å². The highest BCUT2D eigenvalue weighted by Gasteiger charge is 2.09. The van der Waals surface area contributed by atoms with E-state index in [0.717, 1.165) is 23.3 Å². The normalized spacial score (nSPS) is 12.8. The van der Waals surface area contributed by atoms with Crippen LogP contribution in [0, 0.1) is 6.92 Å². The summed E-state index contributed by atoms with van der Waals surface area (Å²) in [6, 6.07) is 2.12. The quantitative estimate of drug-likeness (QED) is 0.761. The summed E-state index contributed by atoms with van der Waals surface area (Å²) < 4.78 is 0. The molecule has 0 aromatic carbocycles. The molecule has 3 heteroatoms. The molecule has 0 saturated heterocycles. The first kappa shape index (κ1) is 11.4. The lowest BCUT2D eigenvalue weighted by atomic mass is 10.1. The lowest BCUT2D eigenvalue weighted by Gasteiger charge is -2.06. The number of nitrogens with two attached hydrogens (primary N) is 1. The zero-order valence-electron chi connectivity index (χ0n) is 8.75. The lowest BCUT2D eigenvalue weighted by molar-refractivity contribution is 0.0981. The van der Waals surface area contributed by atoms with Crippen molar-refractivity contribution in [2.75, 3.05) is 0 Å². The van der Waals surface area contributed by atoms with Gasteiger partial charge in [-0.1, -0.05) is 6.92 Å². The van der Waals surface area contributed by atoms with Crippen molar-refractivity contribution in [2.45, 2.75) is 39.2 Å². The molecule has 2 N–H and O–H groups in total. The van der Waals surface area contributed by atoms with Crippen LogP contribution >= 0.6 is 11.3 Å². The Morgan fingerprint density at radius 3 is 2.86 bits per heavy atom. The molecule has 0 fully saturated rings. The zero-order chi connectivity index (χ0) is 10.6. The van der Waals surface area contributed by atoms with E-state index < -0.39 is 0 Å². The number of thiophene rings is 1. The van der Waals surface area contributed by atoms with E-state index in [9.17, 15) is 4.79 Å². The van der Waals surface area contributed by atoms with Crippen LogP contribution < -0.4 is 5.73 Å². The summed E-state index contributed by atoms with van der Waals surface area (Å²) in [6.07, 6.45) is 2.32. The second kappa shape index (κ2) is 5.27. The average molecular weight is 211 g/mol. The van der Waals surface area contributed by atoms with Gasteiger partial charge in [0.15, 0.2) is 5.78 Å². The maximum Gasteiger partial charge on any atom is 0.172 e. The third-order valence-electron chi connectivity index (χ3n) is 2.27. The number of Topliss-reactive ketones (excluding diaryl/α,β-unsaturated/α-hetero) is 1. The Kier molecular flexibility index (Phi) is 4.29. The second-order valence-corrected chi connectivity index (χ2v) is 4.53. The fourth-order valence-electron chi connectivity index (χ4n) is 1.22. The smallest absolute Gasteiger partial charge is 0.172 e. The number of hydrogen-bond acceptors (Lipinski definition) is 3. The van der Waals surface area contributed by atoms with E-state index in [0.29, 0.717) is 6.42 Å². The first-order chi connectivity index (χ1) is 6.63. The van der Waals surface area contributed by atoms with Gasteiger partial charge in [-0.2, -0.15) is 0 Å². The minimum absolute atomic E-state index is 0.167. The van der Waals surface area contributed by atoms with E-state index in [-0.39, 0.29) is 11.8 Å². The first-order valence-corrected chi connectivity index (χ1v) is 5.85. The zero-order valence-corrected chi connectivity index (χ0v) is 9.56. The van der Waals surface area contributed by atoms with Gasteiger partial charge in [0.1, 0.15) is 0 Å². The molecule has 1 heterocycles. The molecule has 0 amide bonds. The summed E-state index contributed by atoms with van der Waals surface area (Å²) in [4.78, 5) is 12.5. The van der Waals surface area contributed by atoms with Crippen LogP contribution in [-0.4, -0.2) is 11.8 Å². The predicted molar refractivity (Wildman–Crippen MR) is 60.9 cm³/mol. The van der Waals surface area contributed by atoms with E-state index in [4.69, 9.17) is 5.73 Å². The van der Waals surface area contributed by atoms with Crippen LogP contribution in [0.3, 0.4) is 0 Å². The van der Waals surface area contributed by atoms with E-state index in [1.165, 1.54) is 11.3 Å². The first-order valence-electron chi connectivity index (χ1n) is 4.97. The van der Waals surface area contributed by atoms with Crippen LogP contribution in [0.25, 0.3) is 0 Å². The molecule has 0 aliphatic rings. The van der Waals surface area contributed by atoms with Gasteiger partial charge in [-0.3, -0.25) is 4.79 Å². The Labute approximate surface area is 89.1 Å². The largest absolute Gasteiger partial charge is 0.328 e. The monoisotopic (exact) mass is 211 g/mol. The molecule has 78 valence electrons. The van der Waals surface area contributed by atoms with Crippen LogP contribution in [0.2, 0.25) is 0 Å². The number of ketones is 1. The van der Waals surface area contributed by atoms with Crippen LogP contribution in [0.5, 0.6) is 0 Å². The van der Waals surface area contributed by atoms with Crippen LogP contribution in [0.1, 0.15) is 41.4 Å². The van der Waals surface area contributed by atoms with Crippen molar-refractivity contribution in [1.82, 2.24) is 0 Å². The molecule has 0 spiro atoms. The fraction of sp³-hybridized carbons (Fsp3) is 0.545. The average Bonchev–Trinajstić information content (AvgIpc) is 2.60. The Morgan fingerprint density at radius 1 is 1.64 bits per heavy atom. The molecule has 2 nitrogen and oxygen atoms in total. The van der Waals surface area contributed by atoms with Crippen LogP contribution in [-0.2, 0) is 0 Å². The molecule has 0 saturated carbocycles. The highest BCUT2D eigenvalue weighted by atomic mass is 32.1. The van der Waals surface area contributed by atoms with Crippen molar-refractivity contribution >= 4 is 17.1 Å². The van der Waals surface area contributed by atoms with Crippen molar-refractivity contribution in [3.8, 4) is 0 Å². The summed E-state index contributed by atoms with van der Waals surface area (Å²) in [5.74, 6) is 0.229. The Morgan fingerprint density at radius 2 is 2.36 bits per heavy atom. The molecule has 1 rings (SSSR count). The molecule has 14 heavy (non-hydrogen) atoms. The van der Waals surface area contributed by atoms with Gasteiger partial charge < -0.3 is 5.73 Å². The summed E-state index contributed by atoms with van der Waals surface area (Å²) in [7, 11) is 0. The van der Waals surface area contributed by atoms with Crippen molar-refractivity contribution in [1.29, 1.82) is 0 Å². The second-order valence-electron chi connectivity index (χ2n) is 3.62. The van der Waals surface area contributed by atoms with Crippen molar-refractivity contribution < 1.29 is 4.79 Å². The number of carbonyl (C=O) groups is 1. The third-order valence-corrected chi connectivity index (χ3v) is 3.36. The third kappa shape index (κ3) is 3.24. The lowest BCUT2D eigenvalue weighted by Crippen LogP contribution is -2.19. The standard InChI is InChI=1S/C11H17NOS/c1-3-9(12)4-5-10(13)11-6-8(2)7-14-11/h6-7,9H,3-5,12H2,1-2H3. The summed E-state index contributed by atoms with van der Waals surface area (Å²) in [6.45, 7) is 4.05. The fourth-order valence-corrected chi connectivity index (χ4v) is 2.09. The Hall–Kier alpha value is -0.670. The van der Waals surface area contributed by atoms with Crippen molar-refractivity contribution in [2.24, 2.45) is 5.73 Å². The van der Waals surface area contributed by atoms with E-state index in [1.807, 2.05) is 25.3 Å². The Bertz CT molecular complexity index is 306. The number of rotatable bonds is 5. The SMILES string of the molecule is CCC(N)CCC(=O)c1cc(C)cs1. The van der Waals surface area contributed by atoms with E-state index in [1.54, 1.807) is 0 Å². The molecule has 0 bridgehead atoms. The molecule has 1 aromatic rings. The highest BCUT2D eigenvalue weighted by Crippen LogP contribution is 2.16. The van der Waals surface area contributed by atoms with Gasteiger partial charge in [-0.05, 0) is 36.8 Å². The molecule has 1 unspecified atom stereocenters. The molecule has 1 aromatic heterocycles. The van der Waals surface area contributed by atoms with Gasteiger partial charge in [0.05, 0.1) is 4.88 Å². The van der Waals surface area contributed by atoms with Crippen molar-refractivity contribution in [3.05, 3.63) is 21.9 Å². The minimum atomic E-state index is 0.167. The summed E-state index contributed by atoms with van der Waals surface area (Å²) in [5, 5.41) is 2.01. The molecule has 0 aliphatic carbocycles. The van der Waals surface area contributed by atoms with Gasteiger partial charge in [0, 0.05) is 12.5 Å². The minimum Gasteiger partial charge on any atom is -0.328 e. The van der Waals surface area contributed by atoms with E-state index >= 15 is 0 Å². The van der Waals surface area contributed by atoms with Gasteiger partial charge in [0.25, 0.3) is 0 Å². The van der Waals surface area contributed by atoms with Crippen molar-refractivity contribution in [3.63, 3.8) is 0 Å². The molecule has 0 radical (unpaired) electrons. The summed E-state index contributed by atoms with van der Waals surface area (Å²) >= 11 is 1.53. The van der Waals surface area contributed by atoms with Gasteiger partial charge >= 0.3 is 0 Å². The number of carbonyl (C=O) groups excluding carboxylic acids is 1. The number of hydrogen-bond donors (Lipinski definition) is 1. The van der Waals surface area contributed by atoms with Gasteiger partial charge in [-0.15, -0.1) is 11.3 Å². The van der Waals surface area contributed by atoms with E-state index in [2.05, 4.69) is 0 Å².